The highest BCUT2D eigenvalue weighted by Crippen LogP contribution is 2.39. The molecule has 0 aromatic heterocycles. The molecular formula is C25H24F4N2O3. The van der Waals surface area contributed by atoms with E-state index in [0.29, 0.717) is 19.0 Å². The lowest BCUT2D eigenvalue weighted by molar-refractivity contribution is -0.145. The van der Waals surface area contributed by atoms with Crippen LogP contribution in [0.15, 0.2) is 36.4 Å². The molecule has 0 radical (unpaired) electrons. The van der Waals surface area contributed by atoms with E-state index in [-0.39, 0.29) is 61.0 Å². The highest BCUT2D eigenvalue weighted by molar-refractivity contribution is 5.82. The molecule has 2 amide bonds. The second kappa shape index (κ2) is 8.69. The van der Waals surface area contributed by atoms with Gasteiger partial charge in [-0.3, -0.25) is 9.59 Å². The van der Waals surface area contributed by atoms with Gasteiger partial charge in [0.15, 0.2) is 0 Å². The zero-order chi connectivity index (χ0) is 24.0. The van der Waals surface area contributed by atoms with E-state index in [2.05, 4.69) is 5.32 Å². The molecule has 180 valence electrons. The number of halogens is 4. The van der Waals surface area contributed by atoms with E-state index >= 15 is 4.39 Å². The molecule has 2 atom stereocenters. The molecule has 3 fully saturated rings. The Morgan fingerprint density at radius 1 is 1.15 bits per heavy atom. The van der Waals surface area contributed by atoms with E-state index in [1.54, 1.807) is 17.0 Å². The summed E-state index contributed by atoms with van der Waals surface area (Å²) >= 11 is 0. The van der Waals surface area contributed by atoms with Gasteiger partial charge in [-0.1, -0.05) is 18.2 Å². The Balaban J connectivity index is 1.49. The molecule has 1 spiro atoms. The number of benzene rings is 2. The lowest BCUT2D eigenvalue weighted by atomic mass is 9.81. The summed E-state index contributed by atoms with van der Waals surface area (Å²) in [6.07, 6.45) is -0.196. The number of amides is 2. The fourth-order valence-corrected chi connectivity index (χ4v) is 5.36. The number of morpholine rings is 1. The van der Waals surface area contributed by atoms with E-state index in [1.807, 2.05) is 0 Å². The lowest BCUT2D eigenvalue weighted by Gasteiger charge is -2.42. The second-order valence-corrected chi connectivity index (χ2v) is 9.40. The maximum Gasteiger partial charge on any atom is 0.246 e. The first kappa shape index (κ1) is 22.8. The van der Waals surface area contributed by atoms with Gasteiger partial charge in [-0.15, -0.1) is 0 Å². The van der Waals surface area contributed by atoms with Crippen molar-refractivity contribution in [3.63, 3.8) is 0 Å². The molecule has 1 saturated carbocycles. The Morgan fingerprint density at radius 3 is 2.56 bits per heavy atom. The van der Waals surface area contributed by atoms with Crippen LogP contribution >= 0.6 is 0 Å². The number of nitrogens with one attached hydrogen (secondary N) is 1. The Hall–Kier alpha value is -2.94. The third kappa shape index (κ3) is 4.06. The first-order valence-electron chi connectivity index (χ1n) is 11.3. The predicted octanol–water partition coefficient (Wildman–Crippen LogP) is 3.55. The molecule has 9 heteroatoms. The van der Waals surface area contributed by atoms with Gasteiger partial charge in [0.25, 0.3) is 0 Å². The van der Waals surface area contributed by atoms with Gasteiger partial charge in [0.05, 0.1) is 18.2 Å². The van der Waals surface area contributed by atoms with Crippen LogP contribution in [-0.4, -0.2) is 54.2 Å². The third-order valence-electron chi connectivity index (χ3n) is 7.17. The van der Waals surface area contributed by atoms with Gasteiger partial charge in [0, 0.05) is 24.1 Å². The fourth-order valence-electron chi connectivity index (χ4n) is 5.36. The maximum atomic E-state index is 15.6. The van der Waals surface area contributed by atoms with Crippen LogP contribution in [0.2, 0.25) is 0 Å². The van der Waals surface area contributed by atoms with Gasteiger partial charge in [0.2, 0.25) is 11.8 Å². The summed E-state index contributed by atoms with van der Waals surface area (Å²) in [5.74, 6) is -3.25. The summed E-state index contributed by atoms with van der Waals surface area (Å²) in [7, 11) is 0. The molecule has 2 aliphatic heterocycles. The molecule has 2 aromatic carbocycles. The third-order valence-corrected chi connectivity index (χ3v) is 7.17. The largest absolute Gasteiger partial charge is 0.369 e. The van der Waals surface area contributed by atoms with Gasteiger partial charge in [-0.05, 0) is 48.9 Å². The van der Waals surface area contributed by atoms with Crippen LogP contribution < -0.4 is 5.32 Å². The average Bonchev–Trinajstić information content (AvgIpc) is 3.08. The number of carbonyl (C=O) groups excluding carboxylic acids is 2. The summed E-state index contributed by atoms with van der Waals surface area (Å²) in [5.41, 5.74) is -0.562. The molecule has 3 aliphatic rings. The number of likely N-dealkylation sites (tertiary alicyclic amines) is 1. The van der Waals surface area contributed by atoms with Gasteiger partial charge in [-0.2, -0.15) is 0 Å². The minimum absolute atomic E-state index is 0.0315. The predicted molar refractivity (Wildman–Crippen MR) is 115 cm³/mol. The molecular weight excluding hydrogens is 452 g/mol. The van der Waals surface area contributed by atoms with Crippen LogP contribution in [0.4, 0.5) is 17.6 Å². The van der Waals surface area contributed by atoms with Crippen molar-refractivity contribution < 1.29 is 31.9 Å². The average molecular weight is 476 g/mol. The van der Waals surface area contributed by atoms with Crippen LogP contribution in [0.25, 0.3) is 11.1 Å². The van der Waals surface area contributed by atoms with E-state index in [9.17, 15) is 22.8 Å². The Bertz CT molecular complexity index is 1120. The number of ether oxygens (including phenoxy) is 1. The number of hydrogen-bond acceptors (Lipinski definition) is 3. The van der Waals surface area contributed by atoms with Crippen LogP contribution in [0, 0.1) is 23.4 Å². The van der Waals surface area contributed by atoms with Crippen LogP contribution in [0.1, 0.15) is 24.8 Å². The quantitative estimate of drug-likeness (QED) is 0.687. The van der Waals surface area contributed by atoms with Gasteiger partial charge in [-0.25, -0.2) is 17.6 Å². The van der Waals surface area contributed by atoms with Gasteiger partial charge in [0.1, 0.15) is 30.2 Å². The molecule has 2 unspecified atom stereocenters. The minimum atomic E-state index is -0.998. The van der Waals surface area contributed by atoms with Crippen molar-refractivity contribution >= 4 is 11.8 Å². The monoisotopic (exact) mass is 476 g/mol. The van der Waals surface area contributed by atoms with Crippen molar-refractivity contribution in [1.82, 2.24) is 10.2 Å². The minimum Gasteiger partial charge on any atom is -0.369 e. The van der Waals surface area contributed by atoms with Crippen molar-refractivity contribution in [2.24, 2.45) is 5.92 Å². The molecule has 5 rings (SSSR count). The number of alkyl halides is 1. The van der Waals surface area contributed by atoms with Crippen molar-refractivity contribution in [2.45, 2.75) is 43.4 Å². The topological polar surface area (TPSA) is 58.6 Å². The molecule has 1 aliphatic carbocycles. The van der Waals surface area contributed by atoms with Crippen molar-refractivity contribution in [3.8, 4) is 11.1 Å². The first-order valence-corrected chi connectivity index (χ1v) is 11.3. The van der Waals surface area contributed by atoms with E-state index in [0.717, 1.165) is 12.1 Å². The molecule has 2 saturated heterocycles. The van der Waals surface area contributed by atoms with E-state index < -0.39 is 41.1 Å². The van der Waals surface area contributed by atoms with Crippen LogP contribution in [0.3, 0.4) is 0 Å². The van der Waals surface area contributed by atoms with Crippen molar-refractivity contribution in [2.75, 3.05) is 19.8 Å². The Kier molecular flexibility index (Phi) is 5.83. The number of rotatable bonds is 4. The highest BCUT2D eigenvalue weighted by atomic mass is 19.1. The van der Waals surface area contributed by atoms with Crippen LogP contribution in [0.5, 0.6) is 0 Å². The molecule has 1 N–H and O–H groups in total. The molecule has 2 aromatic rings. The maximum absolute atomic E-state index is 15.6. The summed E-state index contributed by atoms with van der Waals surface area (Å²) in [6, 6.07) is 6.77. The molecule has 2 heterocycles. The zero-order valence-electron chi connectivity index (χ0n) is 18.3. The fraction of sp³-hybridized carbons (Fsp3) is 0.440. The smallest absolute Gasteiger partial charge is 0.246 e. The van der Waals surface area contributed by atoms with E-state index in [1.165, 1.54) is 6.07 Å². The summed E-state index contributed by atoms with van der Waals surface area (Å²) in [6.45, 7) is 0.403. The van der Waals surface area contributed by atoms with Gasteiger partial charge < -0.3 is 15.0 Å². The summed E-state index contributed by atoms with van der Waals surface area (Å²) in [4.78, 5) is 26.9. The van der Waals surface area contributed by atoms with Crippen molar-refractivity contribution in [1.29, 1.82) is 0 Å². The summed E-state index contributed by atoms with van der Waals surface area (Å²) < 4.78 is 62.0. The van der Waals surface area contributed by atoms with Crippen molar-refractivity contribution in [3.05, 3.63) is 59.4 Å². The Labute approximate surface area is 194 Å². The molecule has 5 nitrogen and oxygen atoms in total. The number of hydrogen-bond donors (Lipinski definition) is 1. The standard InChI is InChI=1S/C25H24F4N2O3/c26-17-8-16(9-17)24(33)31-5-4-25(13-34-12-22(32)30-25)21(31)10-14-2-1-3-20(23(14)29)15-6-18(27)11-19(28)7-15/h1-3,6-7,11,16-17,21H,4-5,8-10,12-13H2,(H,30,32). The Morgan fingerprint density at radius 2 is 1.88 bits per heavy atom. The summed E-state index contributed by atoms with van der Waals surface area (Å²) in [5, 5.41) is 2.96. The number of carbonyl (C=O) groups is 2. The number of nitrogens with zero attached hydrogens (tertiary/aromatic N) is 1. The zero-order valence-corrected chi connectivity index (χ0v) is 18.3. The molecule has 34 heavy (non-hydrogen) atoms. The normalized spacial score (nSPS) is 28.6. The lowest BCUT2D eigenvalue weighted by Crippen LogP contribution is -2.64. The SMILES string of the molecule is O=C1COCC2(CCN(C(=O)C3CC(F)C3)C2Cc2cccc(-c3cc(F)cc(F)c3)c2F)N1. The second-order valence-electron chi connectivity index (χ2n) is 9.40. The van der Waals surface area contributed by atoms with E-state index in [4.69, 9.17) is 4.74 Å². The van der Waals surface area contributed by atoms with Crippen LogP contribution in [-0.2, 0) is 20.7 Å². The first-order chi connectivity index (χ1) is 16.3. The highest BCUT2D eigenvalue weighted by Gasteiger charge is 2.53. The van der Waals surface area contributed by atoms with Gasteiger partial charge >= 0.3 is 0 Å². The molecule has 0 bridgehead atoms.